The Balaban J connectivity index is 1.47. The van der Waals surface area contributed by atoms with Gasteiger partial charge in [-0.3, -0.25) is 9.80 Å². The molecule has 0 unspecified atom stereocenters. The van der Waals surface area contributed by atoms with Gasteiger partial charge in [0.15, 0.2) is 0 Å². The minimum atomic E-state index is -0.571. The van der Waals surface area contributed by atoms with Gasteiger partial charge in [-0.1, -0.05) is 39.0 Å². The molecule has 0 radical (unpaired) electrons. The van der Waals surface area contributed by atoms with Crippen LogP contribution in [-0.4, -0.2) is 59.5 Å². The summed E-state index contributed by atoms with van der Waals surface area (Å²) in [6, 6.07) is 10.4. The number of aromatic nitrogens is 1. The maximum atomic E-state index is 15.8. The molecule has 1 fully saturated rings. The molecule has 2 atom stereocenters. The second kappa shape index (κ2) is 9.96. The van der Waals surface area contributed by atoms with E-state index in [1.54, 1.807) is 0 Å². The highest BCUT2D eigenvalue weighted by Crippen LogP contribution is 2.44. The highest BCUT2D eigenvalue weighted by molar-refractivity contribution is 6.18. The number of halogens is 3. The van der Waals surface area contributed by atoms with Crippen molar-refractivity contribution in [1.29, 1.82) is 0 Å². The van der Waals surface area contributed by atoms with Crippen molar-refractivity contribution in [2.75, 3.05) is 38.7 Å². The van der Waals surface area contributed by atoms with Crippen molar-refractivity contribution in [3.63, 3.8) is 0 Å². The lowest BCUT2D eigenvalue weighted by Gasteiger charge is -2.44. The van der Waals surface area contributed by atoms with Crippen molar-refractivity contribution in [2.24, 2.45) is 11.3 Å². The van der Waals surface area contributed by atoms with Crippen LogP contribution in [0.1, 0.15) is 50.6 Å². The number of alkyl halides is 1. The Bertz CT molecular complexity index is 1210. The highest BCUT2D eigenvalue weighted by Gasteiger charge is 2.40. The summed E-state index contributed by atoms with van der Waals surface area (Å²) in [6.45, 7) is 12.4. The van der Waals surface area contributed by atoms with E-state index in [4.69, 9.17) is 16.3 Å². The van der Waals surface area contributed by atoms with E-state index in [1.807, 2.05) is 18.2 Å². The summed E-state index contributed by atoms with van der Waals surface area (Å²) in [4.78, 5) is 8.00. The molecule has 3 aromatic rings. The van der Waals surface area contributed by atoms with Crippen molar-refractivity contribution >= 4 is 22.5 Å². The number of aromatic amines is 1. The molecule has 0 aliphatic carbocycles. The fourth-order valence-electron chi connectivity index (χ4n) is 5.77. The van der Waals surface area contributed by atoms with Crippen LogP contribution in [-0.2, 0) is 6.42 Å². The third-order valence-electron chi connectivity index (χ3n) is 7.43. The lowest BCUT2D eigenvalue weighted by Crippen LogP contribution is -2.48. The zero-order chi connectivity index (χ0) is 25.6. The van der Waals surface area contributed by atoms with E-state index in [1.165, 1.54) is 12.1 Å². The SMILES string of the molecule is C[C@@H]1Cc2c([nH]c3ccccc23)[C@@H](c2c(F)cc(OCCN3CC(CCl)C3)cc2F)N1CC(C)(C)C. The van der Waals surface area contributed by atoms with Crippen LogP contribution in [0.15, 0.2) is 36.4 Å². The third-order valence-corrected chi connectivity index (χ3v) is 7.86. The molecular formula is C29H36ClF2N3O. The van der Waals surface area contributed by atoms with Gasteiger partial charge in [0, 0.05) is 72.4 Å². The first-order valence-electron chi connectivity index (χ1n) is 12.9. The number of likely N-dealkylation sites (tertiary alicyclic amines) is 1. The standard InChI is InChI=1S/C29H36ClF2N3O/c1-18-11-22-21-7-5-6-8-25(21)33-27(22)28(35(18)17-29(2,3)4)26-23(31)12-20(13-24(26)32)36-10-9-34-15-19(14-30)16-34/h5-8,12-13,18-19,28,33H,9-11,14-17H2,1-4H3/t18-,28-/m1/s1. The zero-order valence-electron chi connectivity index (χ0n) is 21.6. The molecule has 1 saturated heterocycles. The summed E-state index contributed by atoms with van der Waals surface area (Å²) in [5.74, 6) is 0.285. The largest absolute Gasteiger partial charge is 0.492 e. The van der Waals surface area contributed by atoms with Crippen LogP contribution in [0, 0.1) is 23.0 Å². The van der Waals surface area contributed by atoms with E-state index < -0.39 is 17.7 Å². The van der Waals surface area contributed by atoms with Gasteiger partial charge in [0.2, 0.25) is 0 Å². The molecule has 1 N–H and O–H groups in total. The van der Waals surface area contributed by atoms with E-state index in [0.29, 0.717) is 24.9 Å². The molecule has 2 aliphatic rings. The van der Waals surface area contributed by atoms with E-state index in [0.717, 1.165) is 48.2 Å². The maximum Gasteiger partial charge on any atom is 0.135 e. The summed E-state index contributed by atoms with van der Waals surface area (Å²) in [6.07, 6.45) is 0.831. The van der Waals surface area contributed by atoms with E-state index in [9.17, 15) is 0 Å². The summed E-state index contributed by atoms with van der Waals surface area (Å²) < 4.78 is 37.3. The Morgan fingerprint density at radius 2 is 1.81 bits per heavy atom. The summed E-state index contributed by atoms with van der Waals surface area (Å²) in [5.41, 5.74) is 3.08. The zero-order valence-corrected chi connectivity index (χ0v) is 22.3. The molecule has 36 heavy (non-hydrogen) atoms. The molecule has 194 valence electrons. The average Bonchev–Trinajstić information content (AvgIpc) is 3.14. The monoisotopic (exact) mass is 515 g/mol. The molecule has 2 aromatic carbocycles. The maximum absolute atomic E-state index is 15.8. The predicted molar refractivity (Wildman–Crippen MR) is 142 cm³/mol. The quantitative estimate of drug-likeness (QED) is 0.371. The Kier molecular flexibility index (Phi) is 7.05. The Hall–Kier alpha value is -2.15. The highest BCUT2D eigenvalue weighted by atomic mass is 35.5. The van der Waals surface area contributed by atoms with Gasteiger partial charge in [0.1, 0.15) is 24.0 Å². The lowest BCUT2D eigenvalue weighted by molar-refractivity contribution is 0.0936. The van der Waals surface area contributed by atoms with E-state index >= 15 is 8.78 Å². The number of para-hydroxylation sites is 1. The number of benzene rings is 2. The molecule has 0 bridgehead atoms. The average molecular weight is 516 g/mol. The number of hydrogen-bond donors (Lipinski definition) is 1. The second-order valence-corrected chi connectivity index (χ2v) is 12.0. The summed E-state index contributed by atoms with van der Waals surface area (Å²) >= 11 is 5.87. The molecule has 5 rings (SSSR count). The molecule has 2 aliphatic heterocycles. The van der Waals surface area contributed by atoms with Crippen molar-refractivity contribution in [3.8, 4) is 5.75 Å². The third kappa shape index (κ3) is 5.00. The first-order chi connectivity index (χ1) is 17.1. The minimum Gasteiger partial charge on any atom is -0.492 e. The van der Waals surface area contributed by atoms with Gasteiger partial charge in [-0.25, -0.2) is 8.78 Å². The predicted octanol–water partition coefficient (Wildman–Crippen LogP) is 6.38. The fourth-order valence-corrected chi connectivity index (χ4v) is 5.96. The van der Waals surface area contributed by atoms with Gasteiger partial charge >= 0.3 is 0 Å². The molecule has 1 aromatic heterocycles. The molecule has 3 heterocycles. The first kappa shape index (κ1) is 25.5. The normalized spacial score (nSPS) is 21.5. The Morgan fingerprint density at radius 3 is 2.47 bits per heavy atom. The van der Waals surface area contributed by atoms with Crippen molar-refractivity contribution in [3.05, 3.63) is 64.9 Å². The van der Waals surface area contributed by atoms with Crippen molar-refractivity contribution in [2.45, 2.75) is 46.2 Å². The molecule has 4 nitrogen and oxygen atoms in total. The summed E-state index contributed by atoms with van der Waals surface area (Å²) in [7, 11) is 0. The number of nitrogens with one attached hydrogen (secondary N) is 1. The summed E-state index contributed by atoms with van der Waals surface area (Å²) in [5, 5.41) is 1.13. The van der Waals surface area contributed by atoms with Gasteiger partial charge in [0.05, 0.1) is 6.04 Å². The number of nitrogens with zero attached hydrogens (tertiary/aromatic N) is 2. The van der Waals surface area contributed by atoms with Gasteiger partial charge in [-0.2, -0.15) is 0 Å². The lowest BCUT2D eigenvalue weighted by atomic mass is 9.85. The Morgan fingerprint density at radius 1 is 1.11 bits per heavy atom. The number of H-pyrrole nitrogens is 1. The number of fused-ring (bicyclic) bond motifs is 3. The van der Waals surface area contributed by atoms with Crippen LogP contribution in [0.3, 0.4) is 0 Å². The van der Waals surface area contributed by atoms with Crippen LogP contribution in [0.4, 0.5) is 8.78 Å². The van der Waals surface area contributed by atoms with E-state index in [-0.39, 0.29) is 22.8 Å². The van der Waals surface area contributed by atoms with Gasteiger partial charge < -0.3 is 9.72 Å². The smallest absolute Gasteiger partial charge is 0.135 e. The van der Waals surface area contributed by atoms with Crippen LogP contribution in [0.25, 0.3) is 10.9 Å². The molecule has 0 amide bonds. The van der Waals surface area contributed by atoms with Gasteiger partial charge in [-0.05, 0) is 36.3 Å². The topological polar surface area (TPSA) is 31.5 Å². The van der Waals surface area contributed by atoms with Crippen molar-refractivity contribution in [1.82, 2.24) is 14.8 Å². The first-order valence-corrected chi connectivity index (χ1v) is 13.4. The van der Waals surface area contributed by atoms with Gasteiger partial charge in [0.25, 0.3) is 0 Å². The van der Waals surface area contributed by atoms with Crippen LogP contribution in [0.5, 0.6) is 5.75 Å². The molecule has 7 heteroatoms. The number of hydrogen-bond acceptors (Lipinski definition) is 3. The second-order valence-electron chi connectivity index (χ2n) is 11.7. The van der Waals surface area contributed by atoms with Crippen LogP contribution in [0.2, 0.25) is 0 Å². The molecular weight excluding hydrogens is 480 g/mol. The van der Waals surface area contributed by atoms with E-state index in [2.05, 4.69) is 48.5 Å². The van der Waals surface area contributed by atoms with Crippen molar-refractivity contribution < 1.29 is 13.5 Å². The molecule has 0 saturated carbocycles. The molecule has 0 spiro atoms. The minimum absolute atomic E-state index is 0.0363. The number of ether oxygens (including phenoxy) is 1. The fraction of sp³-hybridized carbons (Fsp3) is 0.517. The van der Waals surface area contributed by atoms with Crippen LogP contribution < -0.4 is 4.74 Å². The number of rotatable bonds is 7. The van der Waals surface area contributed by atoms with Gasteiger partial charge in [-0.15, -0.1) is 11.6 Å². The van der Waals surface area contributed by atoms with Crippen LogP contribution >= 0.6 is 11.6 Å². The Labute approximate surface area is 217 Å².